The van der Waals surface area contributed by atoms with Crippen LogP contribution in [0.5, 0.6) is 0 Å². The molecule has 0 radical (unpaired) electrons. The maximum Gasteiger partial charge on any atom is 0.226 e. The van der Waals surface area contributed by atoms with Crippen LogP contribution in [-0.2, 0) is 6.42 Å². The summed E-state index contributed by atoms with van der Waals surface area (Å²) in [6.45, 7) is 2.35. The van der Waals surface area contributed by atoms with E-state index in [0.29, 0.717) is 5.92 Å². The van der Waals surface area contributed by atoms with Gasteiger partial charge >= 0.3 is 0 Å². The summed E-state index contributed by atoms with van der Waals surface area (Å²) in [5.41, 5.74) is 0. The Labute approximate surface area is 127 Å². The molecule has 3 heterocycles. The summed E-state index contributed by atoms with van der Waals surface area (Å²) in [7, 11) is 0. The van der Waals surface area contributed by atoms with Gasteiger partial charge in [-0.3, -0.25) is 0 Å². The number of piperidine rings is 1. The summed E-state index contributed by atoms with van der Waals surface area (Å²) < 4.78 is 5.57. The van der Waals surface area contributed by atoms with Gasteiger partial charge in [0.15, 0.2) is 5.82 Å². The quantitative estimate of drug-likeness (QED) is 0.926. The molecule has 1 N–H and O–H groups in total. The molecule has 4 atom stereocenters. The van der Waals surface area contributed by atoms with Gasteiger partial charge in [-0.2, -0.15) is 4.98 Å². The molecule has 1 aliphatic carbocycles. The van der Waals surface area contributed by atoms with Crippen LogP contribution in [0.25, 0.3) is 0 Å². The second-order valence-corrected chi connectivity index (χ2v) is 7.69. The van der Waals surface area contributed by atoms with Crippen molar-refractivity contribution in [1.29, 1.82) is 0 Å². The van der Waals surface area contributed by atoms with Gasteiger partial charge in [-0.25, -0.2) is 0 Å². The molecule has 2 saturated heterocycles. The fraction of sp³-hybridized carbons (Fsp3) is 0.882. The van der Waals surface area contributed by atoms with E-state index >= 15 is 0 Å². The van der Waals surface area contributed by atoms with Gasteiger partial charge in [0.2, 0.25) is 5.89 Å². The van der Waals surface area contributed by atoms with Crippen molar-refractivity contribution in [2.24, 2.45) is 11.8 Å². The van der Waals surface area contributed by atoms with Gasteiger partial charge in [-0.1, -0.05) is 24.9 Å². The lowest BCUT2D eigenvalue weighted by Gasteiger charge is -2.28. The third kappa shape index (κ3) is 3.01. The van der Waals surface area contributed by atoms with Crippen LogP contribution in [0.3, 0.4) is 0 Å². The van der Waals surface area contributed by atoms with Crippen LogP contribution in [-0.4, -0.2) is 22.2 Å². The molecule has 4 heteroatoms. The van der Waals surface area contributed by atoms with E-state index in [9.17, 15) is 0 Å². The Bertz CT molecular complexity index is 474. The molecule has 4 unspecified atom stereocenters. The molecule has 2 aliphatic heterocycles. The van der Waals surface area contributed by atoms with Gasteiger partial charge in [-0.15, -0.1) is 0 Å². The first-order valence-electron chi connectivity index (χ1n) is 8.85. The number of fused-ring (bicyclic) bond motifs is 2. The Hall–Kier alpha value is -0.900. The average Bonchev–Trinajstić information content (AvgIpc) is 3.06. The summed E-state index contributed by atoms with van der Waals surface area (Å²) in [6, 6.07) is 1.49. The highest BCUT2D eigenvalue weighted by molar-refractivity contribution is 5.00. The first kappa shape index (κ1) is 13.7. The van der Waals surface area contributed by atoms with Crippen LogP contribution >= 0.6 is 0 Å². The third-order valence-corrected chi connectivity index (χ3v) is 5.82. The fourth-order valence-electron chi connectivity index (χ4n) is 4.77. The van der Waals surface area contributed by atoms with Crippen molar-refractivity contribution in [2.75, 3.05) is 0 Å². The molecule has 0 amide bonds. The number of rotatable bonds is 3. The molecule has 116 valence electrons. The summed E-state index contributed by atoms with van der Waals surface area (Å²) in [5, 5.41) is 7.99. The summed E-state index contributed by atoms with van der Waals surface area (Å²) in [4.78, 5) is 4.73. The van der Waals surface area contributed by atoms with Crippen LogP contribution in [0.4, 0.5) is 0 Å². The van der Waals surface area contributed by atoms with Crippen molar-refractivity contribution in [2.45, 2.75) is 82.7 Å². The minimum Gasteiger partial charge on any atom is -0.339 e. The second-order valence-electron chi connectivity index (χ2n) is 7.69. The Balaban J connectivity index is 1.38. The Morgan fingerprint density at radius 1 is 1.10 bits per heavy atom. The number of hydrogen-bond donors (Lipinski definition) is 1. The van der Waals surface area contributed by atoms with E-state index in [2.05, 4.69) is 17.4 Å². The molecular weight excluding hydrogens is 262 g/mol. The molecule has 1 saturated carbocycles. The number of aromatic nitrogens is 2. The van der Waals surface area contributed by atoms with Crippen LogP contribution < -0.4 is 5.32 Å². The van der Waals surface area contributed by atoms with Gasteiger partial charge in [0, 0.05) is 24.4 Å². The van der Waals surface area contributed by atoms with Crippen molar-refractivity contribution in [3.05, 3.63) is 11.7 Å². The topological polar surface area (TPSA) is 51.0 Å². The van der Waals surface area contributed by atoms with Crippen molar-refractivity contribution in [1.82, 2.24) is 15.5 Å². The number of nitrogens with zero attached hydrogens (tertiary/aromatic N) is 2. The first-order valence-corrected chi connectivity index (χ1v) is 8.85. The van der Waals surface area contributed by atoms with Gasteiger partial charge in [-0.05, 0) is 50.4 Å². The highest BCUT2D eigenvalue weighted by Gasteiger charge is 2.34. The standard InChI is InChI=1S/C17H27N3O/c1-11-3-2-4-13(7-11)17-19-16(21-20-17)10-12-8-14-5-6-15(9-12)18-14/h11-15,18H,2-10H2,1H3. The van der Waals surface area contributed by atoms with E-state index in [0.717, 1.165) is 42.1 Å². The SMILES string of the molecule is CC1CCCC(c2noc(CC3CC4CCC(C3)N4)n2)C1. The lowest BCUT2D eigenvalue weighted by molar-refractivity contribution is 0.269. The van der Waals surface area contributed by atoms with Crippen molar-refractivity contribution < 1.29 is 4.52 Å². The molecule has 21 heavy (non-hydrogen) atoms. The minimum atomic E-state index is 0.537. The highest BCUT2D eigenvalue weighted by Crippen LogP contribution is 2.35. The molecule has 0 spiro atoms. The summed E-state index contributed by atoms with van der Waals surface area (Å²) in [5.74, 6) is 3.95. The molecule has 4 rings (SSSR count). The van der Waals surface area contributed by atoms with Crippen LogP contribution in [0.15, 0.2) is 4.52 Å². The minimum absolute atomic E-state index is 0.537. The molecule has 4 nitrogen and oxygen atoms in total. The van der Waals surface area contributed by atoms with Crippen LogP contribution in [0, 0.1) is 11.8 Å². The van der Waals surface area contributed by atoms with E-state index in [1.807, 2.05) is 0 Å². The van der Waals surface area contributed by atoms with E-state index in [1.165, 1.54) is 51.4 Å². The van der Waals surface area contributed by atoms with Crippen LogP contribution in [0.1, 0.15) is 75.9 Å². The smallest absolute Gasteiger partial charge is 0.226 e. The Kier molecular flexibility index (Phi) is 3.74. The molecule has 1 aromatic heterocycles. The Morgan fingerprint density at radius 2 is 1.90 bits per heavy atom. The molecule has 0 aromatic carbocycles. The van der Waals surface area contributed by atoms with E-state index in [1.54, 1.807) is 0 Å². The lowest BCUT2D eigenvalue weighted by Crippen LogP contribution is -2.38. The maximum atomic E-state index is 5.57. The zero-order valence-corrected chi connectivity index (χ0v) is 13.1. The first-order chi connectivity index (χ1) is 10.3. The normalized spacial score (nSPS) is 39.6. The maximum absolute atomic E-state index is 5.57. The molecular formula is C17H27N3O. The van der Waals surface area contributed by atoms with Crippen molar-refractivity contribution >= 4 is 0 Å². The lowest BCUT2D eigenvalue weighted by atomic mass is 9.82. The third-order valence-electron chi connectivity index (χ3n) is 5.82. The zero-order valence-electron chi connectivity index (χ0n) is 13.1. The number of hydrogen-bond acceptors (Lipinski definition) is 4. The highest BCUT2D eigenvalue weighted by atomic mass is 16.5. The van der Waals surface area contributed by atoms with Crippen LogP contribution in [0.2, 0.25) is 0 Å². The van der Waals surface area contributed by atoms with Crippen molar-refractivity contribution in [3.63, 3.8) is 0 Å². The largest absolute Gasteiger partial charge is 0.339 e. The second kappa shape index (κ2) is 5.71. The Morgan fingerprint density at radius 3 is 2.67 bits per heavy atom. The molecule has 3 fully saturated rings. The summed E-state index contributed by atoms with van der Waals surface area (Å²) in [6.07, 6.45) is 11.4. The molecule has 2 bridgehead atoms. The molecule has 3 aliphatic rings. The average molecular weight is 289 g/mol. The van der Waals surface area contributed by atoms with Gasteiger partial charge < -0.3 is 9.84 Å². The fourth-order valence-corrected chi connectivity index (χ4v) is 4.77. The van der Waals surface area contributed by atoms with Gasteiger partial charge in [0.25, 0.3) is 0 Å². The zero-order chi connectivity index (χ0) is 14.2. The van der Waals surface area contributed by atoms with E-state index in [4.69, 9.17) is 9.51 Å². The monoisotopic (exact) mass is 289 g/mol. The van der Waals surface area contributed by atoms with Gasteiger partial charge in [0.05, 0.1) is 0 Å². The van der Waals surface area contributed by atoms with Crippen molar-refractivity contribution in [3.8, 4) is 0 Å². The predicted octanol–water partition coefficient (Wildman–Crippen LogP) is 3.44. The van der Waals surface area contributed by atoms with Gasteiger partial charge in [0.1, 0.15) is 0 Å². The van der Waals surface area contributed by atoms with E-state index < -0.39 is 0 Å². The number of nitrogens with one attached hydrogen (secondary N) is 1. The predicted molar refractivity (Wildman–Crippen MR) is 81.0 cm³/mol. The summed E-state index contributed by atoms with van der Waals surface area (Å²) >= 11 is 0. The molecule has 1 aromatic rings. The van der Waals surface area contributed by atoms with E-state index in [-0.39, 0.29) is 0 Å².